The molecule has 12 unspecified atom stereocenters. The second kappa shape index (κ2) is 5.74. The quantitative estimate of drug-likeness (QED) is 0.637. The number of carbonyl (C=O) groups excluding carboxylic acids is 1. The van der Waals surface area contributed by atoms with E-state index < -0.39 is 5.60 Å². The van der Waals surface area contributed by atoms with Crippen molar-refractivity contribution in [3.63, 3.8) is 0 Å². The summed E-state index contributed by atoms with van der Waals surface area (Å²) in [5.74, 6) is 6.22. The van der Waals surface area contributed by atoms with Gasteiger partial charge in [-0.05, 0) is 111 Å². The van der Waals surface area contributed by atoms with Crippen molar-refractivity contribution in [1.82, 2.24) is 4.90 Å². The van der Waals surface area contributed by atoms with E-state index in [-0.39, 0.29) is 5.41 Å². The van der Waals surface area contributed by atoms with Gasteiger partial charge in [0.2, 0.25) is 0 Å². The van der Waals surface area contributed by atoms with E-state index in [1.165, 1.54) is 64.5 Å². The zero-order chi connectivity index (χ0) is 20.6. The molecule has 2 aliphatic heterocycles. The van der Waals surface area contributed by atoms with Gasteiger partial charge in [0, 0.05) is 31.0 Å². The van der Waals surface area contributed by atoms with Crippen LogP contribution in [0.4, 0.5) is 0 Å². The van der Waals surface area contributed by atoms with Crippen LogP contribution in [0, 0.1) is 58.2 Å². The van der Waals surface area contributed by atoms with Crippen LogP contribution in [0.15, 0.2) is 0 Å². The van der Waals surface area contributed by atoms with Gasteiger partial charge in [0.15, 0.2) is 0 Å². The average Bonchev–Trinajstić information content (AvgIpc) is 3.21. The molecule has 3 heteroatoms. The summed E-state index contributed by atoms with van der Waals surface area (Å²) in [6.45, 7) is 9.50. The Hall–Kier alpha value is -0.410. The summed E-state index contributed by atoms with van der Waals surface area (Å²) in [4.78, 5) is 16.1. The fraction of sp³-hybridized carbons (Fsp3) is 0.963. The standard InChI is InChI=1S/C27H41NO2/c1-15-4-7-23-26(3,30)21-6-5-17-18(20(21)14-28(23)13-15)10-22-19(17)11-24(29)27-12-16(27)8-9-25(22,27)2/h15-23,30H,4-14H2,1-3H3. The number of rotatable bonds is 0. The zero-order valence-electron chi connectivity index (χ0n) is 19.3. The molecule has 0 aromatic carbocycles. The number of aliphatic hydroxyl groups is 1. The van der Waals surface area contributed by atoms with Crippen molar-refractivity contribution in [1.29, 1.82) is 0 Å². The van der Waals surface area contributed by atoms with Gasteiger partial charge in [-0.3, -0.25) is 9.69 Å². The number of Topliss-reactive ketones (excluding diaryl/α,β-unsaturated/α-hetero) is 1. The molecule has 0 bridgehead atoms. The SMILES string of the molecule is CC1CCC2N(C1)CC1C3CC4C(CC(=O)C56CC5CCC46C)C3CCC1C2(C)O. The van der Waals surface area contributed by atoms with Crippen molar-refractivity contribution in [2.45, 2.75) is 90.2 Å². The van der Waals surface area contributed by atoms with Crippen molar-refractivity contribution < 1.29 is 9.90 Å². The van der Waals surface area contributed by atoms with Crippen molar-refractivity contribution >= 4 is 5.78 Å². The third-order valence-electron chi connectivity index (χ3n) is 12.7. The Bertz CT molecular complexity index is 792. The van der Waals surface area contributed by atoms with E-state index in [1.807, 2.05) is 0 Å². The molecule has 1 spiro atoms. The predicted octanol–water partition coefficient (Wildman–Crippen LogP) is 4.53. The molecule has 166 valence electrons. The number of hydrogen-bond donors (Lipinski definition) is 1. The molecule has 0 aromatic rings. The van der Waals surface area contributed by atoms with E-state index in [4.69, 9.17) is 0 Å². The molecule has 12 atom stereocenters. The second-order valence-electron chi connectivity index (χ2n) is 13.5. The fourth-order valence-corrected chi connectivity index (χ4v) is 11.4. The Morgan fingerprint density at radius 1 is 0.933 bits per heavy atom. The molecule has 7 rings (SSSR count). The topological polar surface area (TPSA) is 40.5 Å². The van der Waals surface area contributed by atoms with Crippen LogP contribution in [-0.4, -0.2) is 40.5 Å². The van der Waals surface area contributed by atoms with Gasteiger partial charge < -0.3 is 5.11 Å². The lowest BCUT2D eigenvalue weighted by Gasteiger charge is -2.59. The van der Waals surface area contributed by atoms with Crippen molar-refractivity contribution in [2.24, 2.45) is 58.2 Å². The minimum absolute atomic E-state index is 0.104. The third kappa shape index (κ3) is 2.05. The molecule has 2 saturated heterocycles. The van der Waals surface area contributed by atoms with Gasteiger partial charge in [-0.2, -0.15) is 0 Å². The Morgan fingerprint density at radius 2 is 1.77 bits per heavy atom. The highest BCUT2D eigenvalue weighted by atomic mass is 16.3. The van der Waals surface area contributed by atoms with Crippen molar-refractivity contribution in [3.8, 4) is 0 Å². The highest BCUT2D eigenvalue weighted by Crippen LogP contribution is 2.80. The Morgan fingerprint density at radius 3 is 2.57 bits per heavy atom. The summed E-state index contributed by atoms with van der Waals surface area (Å²) in [6.07, 6.45) is 11.0. The summed E-state index contributed by atoms with van der Waals surface area (Å²) < 4.78 is 0. The van der Waals surface area contributed by atoms with Crippen LogP contribution in [0.25, 0.3) is 0 Å². The summed E-state index contributed by atoms with van der Waals surface area (Å²) in [5.41, 5.74) is -0.131. The first kappa shape index (κ1) is 19.1. The number of carbonyl (C=O) groups is 1. The fourth-order valence-electron chi connectivity index (χ4n) is 11.4. The van der Waals surface area contributed by atoms with Gasteiger partial charge in [0.1, 0.15) is 5.78 Å². The van der Waals surface area contributed by atoms with Gasteiger partial charge in [-0.1, -0.05) is 13.8 Å². The average molecular weight is 412 g/mol. The van der Waals surface area contributed by atoms with Crippen LogP contribution in [0.3, 0.4) is 0 Å². The summed E-state index contributed by atoms with van der Waals surface area (Å²) in [5, 5.41) is 11.8. The molecule has 0 radical (unpaired) electrons. The summed E-state index contributed by atoms with van der Waals surface area (Å²) in [6, 6.07) is 0.375. The van der Waals surface area contributed by atoms with Gasteiger partial charge in [0.25, 0.3) is 0 Å². The van der Waals surface area contributed by atoms with E-state index in [0.29, 0.717) is 35.0 Å². The second-order valence-corrected chi connectivity index (χ2v) is 13.5. The maximum absolute atomic E-state index is 13.4. The van der Waals surface area contributed by atoms with E-state index in [1.54, 1.807) is 0 Å². The highest BCUT2D eigenvalue weighted by molar-refractivity contribution is 5.91. The Kier molecular flexibility index (Phi) is 3.65. The first-order valence-corrected chi connectivity index (χ1v) is 13.3. The molecule has 30 heavy (non-hydrogen) atoms. The molecule has 1 N–H and O–H groups in total. The number of nitrogens with zero attached hydrogens (tertiary/aromatic N) is 1. The van der Waals surface area contributed by atoms with Gasteiger partial charge >= 0.3 is 0 Å². The largest absolute Gasteiger partial charge is 0.388 e. The molecule has 3 nitrogen and oxygen atoms in total. The summed E-state index contributed by atoms with van der Waals surface area (Å²) in [7, 11) is 0. The highest BCUT2D eigenvalue weighted by Gasteiger charge is 2.78. The predicted molar refractivity (Wildman–Crippen MR) is 117 cm³/mol. The molecule has 5 saturated carbocycles. The van der Waals surface area contributed by atoms with Crippen molar-refractivity contribution in [2.75, 3.05) is 13.1 Å². The molecule has 5 aliphatic carbocycles. The van der Waals surface area contributed by atoms with Gasteiger partial charge in [-0.25, -0.2) is 0 Å². The van der Waals surface area contributed by atoms with Crippen LogP contribution in [0.5, 0.6) is 0 Å². The molecular formula is C27H41NO2. The third-order valence-corrected chi connectivity index (χ3v) is 12.7. The lowest BCUT2D eigenvalue weighted by molar-refractivity contribution is -0.175. The van der Waals surface area contributed by atoms with E-state index in [2.05, 4.69) is 25.7 Å². The van der Waals surface area contributed by atoms with Crippen molar-refractivity contribution in [3.05, 3.63) is 0 Å². The first-order valence-electron chi connectivity index (χ1n) is 13.3. The number of hydrogen-bond acceptors (Lipinski definition) is 3. The first-order chi connectivity index (χ1) is 14.3. The van der Waals surface area contributed by atoms with Crippen LogP contribution < -0.4 is 0 Å². The van der Waals surface area contributed by atoms with E-state index in [9.17, 15) is 9.90 Å². The van der Waals surface area contributed by atoms with E-state index >= 15 is 0 Å². The molecule has 0 aromatic heterocycles. The lowest BCUT2D eigenvalue weighted by Crippen LogP contribution is -2.67. The number of piperidine rings is 2. The molecule has 7 fully saturated rings. The van der Waals surface area contributed by atoms with Crippen LogP contribution >= 0.6 is 0 Å². The number of ketones is 1. The van der Waals surface area contributed by atoms with Crippen LogP contribution in [0.2, 0.25) is 0 Å². The van der Waals surface area contributed by atoms with Gasteiger partial charge in [0.05, 0.1) is 5.60 Å². The maximum Gasteiger partial charge on any atom is 0.140 e. The minimum Gasteiger partial charge on any atom is -0.388 e. The summed E-state index contributed by atoms with van der Waals surface area (Å²) >= 11 is 0. The van der Waals surface area contributed by atoms with E-state index in [0.717, 1.165) is 36.0 Å². The maximum atomic E-state index is 13.4. The van der Waals surface area contributed by atoms with Crippen LogP contribution in [0.1, 0.15) is 78.6 Å². The monoisotopic (exact) mass is 411 g/mol. The number of fused-ring (bicyclic) bond motifs is 7. The smallest absolute Gasteiger partial charge is 0.140 e. The molecule has 0 amide bonds. The normalized spacial score (nSPS) is 63.9. The Labute approximate surface area is 182 Å². The Balaban J connectivity index is 1.23. The molecular weight excluding hydrogens is 370 g/mol. The van der Waals surface area contributed by atoms with Gasteiger partial charge in [-0.15, -0.1) is 0 Å². The zero-order valence-corrected chi connectivity index (χ0v) is 19.3. The minimum atomic E-state index is -0.530. The molecule has 7 aliphatic rings. The van der Waals surface area contributed by atoms with Crippen LogP contribution in [-0.2, 0) is 4.79 Å². The lowest BCUT2D eigenvalue weighted by atomic mass is 9.54. The molecule has 2 heterocycles.